The summed E-state index contributed by atoms with van der Waals surface area (Å²) in [5, 5.41) is 0. The number of pyridine rings is 1. The fourth-order valence-corrected chi connectivity index (χ4v) is 1.69. The number of rotatable bonds is 5. The highest BCUT2D eigenvalue weighted by molar-refractivity contribution is 6.27. The molecule has 0 atom stereocenters. The highest BCUT2D eigenvalue weighted by Crippen LogP contribution is 2.19. The first-order valence-electron chi connectivity index (χ1n) is 6.02. The van der Waals surface area contributed by atoms with Crippen LogP contribution in [0.1, 0.15) is 16.1 Å². The molecule has 0 radical (unpaired) electrons. The standard InChI is InChI=1S/C15H16N2O2/c1-17(2)10-7-13(12-5-8-16-9-6-12)15(18)14-4-3-11-19-14/h3-9,11H,10H2,1-2H3/b13-7+. The first-order valence-corrected chi connectivity index (χ1v) is 6.02. The van der Waals surface area contributed by atoms with Crippen LogP contribution in [-0.4, -0.2) is 36.3 Å². The zero-order valence-corrected chi connectivity index (χ0v) is 11.0. The molecule has 0 fully saturated rings. The summed E-state index contributed by atoms with van der Waals surface area (Å²) in [4.78, 5) is 18.4. The van der Waals surface area contributed by atoms with Gasteiger partial charge in [-0.25, -0.2) is 0 Å². The van der Waals surface area contributed by atoms with E-state index in [1.165, 1.54) is 6.26 Å². The molecule has 0 aliphatic rings. The van der Waals surface area contributed by atoms with Gasteiger partial charge in [0.2, 0.25) is 5.78 Å². The van der Waals surface area contributed by atoms with Crippen LogP contribution in [0.3, 0.4) is 0 Å². The Balaban J connectivity index is 2.35. The number of furan rings is 1. The number of carbonyl (C=O) groups excluding carboxylic acids is 1. The number of aromatic nitrogens is 1. The fourth-order valence-electron chi connectivity index (χ4n) is 1.69. The number of likely N-dealkylation sites (N-methyl/N-ethyl adjacent to an activating group) is 1. The summed E-state index contributed by atoms with van der Waals surface area (Å²) in [5.41, 5.74) is 1.48. The zero-order valence-electron chi connectivity index (χ0n) is 11.0. The molecule has 0 aliphatic carbocycles. The van der Waals surface area contributed by atoms with Gasteiger partial charge >= 0.3 is 0 Å². The summed E-state index contributed by atoms with van der Waals surface area (Å²) in [6, 6.07) is 7.03. The van der Waals surface area contributed by atoms with Gasteiger partial charge in [0.05, 0.1) is 6.26 Å². The molecule has 0 unspecified atom stereocenters. The number of ketones is 1. The molecular formula is C15H16N2O2. The second-order valence-electron chi connectivity index (χ2n) is 4.42. The van der Waals surface area contributed by atoms with E-state index in [9.17, 15) is 4.79 Å². The summed E-state index contributed by atoms with van der Waals surface area (Å²) in [6.45, 7) is 0.685. The molecule has 0 bridgehead atoms. The molecular weight excluding hydrogens is 240 g/mol. The van der Waals surface area contributed by atoms with E-state index in [-0.39, 0.29) is 5.78 Å². The topological polar surface area (TPSA) is 46.3 Å². The number of carbonyl (C=O) groups is 1. The lowest BCUT2D eigenvalue weighted by Gasteiger charge is -2.09. The predicted octanol–water partition coefficient (Wildman–Crippen LogP) is 2.50. The van der Waals surface area contributed by atoms with Crippen LogP contribution in [0.5, 0.6) is 0 Å². The molecule has 0 aliphatic heterocycles. The SMILES string of the molecule is CN(C)C/C=C(/C(=O)c1ccco1)c1ccncc1. The quantitative estimate of drug-likeness (QED) is 0.609. The van der Waals surface area contributed by atoms with Crippen LogP contribution >= 0.6 is 0 Å². The molecule has 2 aromatic rings. The Labute approximate surface area is 112 Å². The van der Waals surface area contributed by atoms with Gasteiger partial charge in [0, 0.05) is 24.5 Å². The molecule has 19 heavy (non-hydrogen) atoms. The van der Waals surface area contributed by atoms with E-state index in [4.69, 9.17) is 4.42 Å². The van der Waals surface area contributed by atoms with Crippen LogP contribution in [0.25, 0.3) is 5.57 Å². The number of hydrogen-bond donors (Lipinski definition) is 0. The van der Waals surface area contributed by atoms with E-state index in [2.05, 4.69) is 4.98 Å². The maximum atomic E-state index is 12.4. The van der Waals surface area contributed by atoms with Crippen LogP contribution in [-0.2, 0) is 0 Å². The van der Waals surface area contributed by atoms with Gasteiger partial charge in [-0.3, -0.25) is 9.78 Å². The van der Waals surface area contributed by atoms with Gasteiger partial charge in [0.15, 0.2) is 5.76 Å². The van der Waals surface area contributed by atoms with Crippen molar-refractivity contribution >= 4 is 11.4 Å². The number of nitrogens with zero attached hydrogens (tertiary/aromatic N) is 2. The first kappa shape index (κ1) is 13.2. The van der Waals surface area contributed by atoms with E-state index in [1.807, 2.05) is 37.2 Å². The van der Waals surface area contributed by atoms with Crippen LogP contribution in [0.15, 0.2) is 53.4 Å². The molecule has 0 saturated carbocycles. The third-order valence-electron chi connectivity index (χ3n) is 2.64. The Hall–Kier alpha value is -2.20. The van der Waals surface area contributed by atoms with Crippen molar-refractivity contribution in [3.8, 4) is 0 Å². The summed E-state index contributed by atoms with van der Waals surface area (Å²) >= 11 is 0. The lowest BCUT2D eigenvalue weighted by atomic mass is 10.0. The highest BCUT2D eigenvalue weighted by Gasteiger charge is 2.16. The van der Waals surface area contributed by atoms with Crippen LogP contribution < -0.4 is 0 Å². The monoisotopic (exact) mass is 256 g/mol. The van der Waals surface area contributed by atoms with Crippen LogP contribution in [0.4, 0.5) is 0 Å². The van der Waals surface area contributed by atoms with Crippen molar-refractivity contribution in [3.05, 3.63) is 60.3 Å². The molecule has 98 valence electrons. The minimum absolute atomic E-state index is 0.113. The molecule has 0 aromatic carbocycles. The van der Waals surface area contributed by atoms with Gasteiger partial charge < -0.3 is 9.32 Å². The number of allylic oxidation sites excluding steroid dienone is 1. The molecule has 0 spiro atoms. The minimum atomic E-state index is -0.113. The smallest absolute Gasteiger partial charge is 0.228 e. The summed E-state index contributed by atoms with van der Waals surface area (Å²) in [7, 11) is 3.91. The van der Waals surface area contributed by atoms with Crippen molar-refractivity contribution < 1.29 is 9.21 Å². The van der Waals surface area contributed by atoms with Crippen LogP contribution in [0.2, 0.25) is 0 Å². The Morgan fingerprint density at radius 1 is 1.32 bits per heavy atom. The zero-order chi connectivity index (χ0) is 13.7. The summed E-state index contributed by atoms with van der Waals surface area (Å²) < 4.78 is 5.18. The third kappa shape index (κ3) is 3.39. The molecule has 0 saturated heterocycles. The molecule has 0 N–H and O–H groups in total. The van der Waals surface area contributed by atoms with Crippen molar-refractivity contribution in [1.82, 2.24) is 9.88 Å². The second kappa shape index (κ2) is 6.11. The van der Waals surface area contributed by atoms with Crippen molar-refractivity contribution in [2.75, 3.05) is 20.6 Å². The summed E-state index contributed by atoms with van der Waals surface area (Å²) in [6.07, 6.45) is 6.76. The van der Waals surface area contributed by atoms with Gasteiger partial charge in [0.25, 0.3) is 0 Å². The van der Waals surface area contributed by atoms with E-state index in [0.29, 0.717) is 17.9 Å². The third-order valence-corrected chi connectivity index (χ3v) is 2.64. The lowest BCUT2D eigenvalue weighted by Crippen LogP contribution is -2.13. The Morgan fingerprint density at radius 3 is 2.63 bits per heavy atom. The maximum absolute atomic E-state index is 12.4. The fraction of sp³-hybridized carbons (Fsp3) is 0.200. The highest BCUT2D eigenvalue weighted by atomic mass is 16.3. The van der Waals surface area contributed by atoms with Crippen molar-refractivity contribution in [2.24, 2.45) is 0 Å². The number of hydrogen-bond acceptors (Lipinski definition) is 4. The largest absolute Gasteiger partial charge is 0.461 e. The van der Waals surface area contributed by atoms with Gasteiger partial charge in [-0.1, -0.05) is 6.08 Å². The molecule has 2 rings (SSSR count). The molecule has 0 amide bonds. The van der Waals surface area contributed by atoms with Gasteiger partial charge in [-0.05, 0) is 43.9 Å². The van der Waals surface area contributed by atoms with Gasteiger partial charge in [0.1, 0.15) is 0 Å². The maximum Gasteiger partial charge on any atom is 0.228 e. The van der Waals surface area contributed by atoms with Crippen molar-refractivity contribution in [1.29, 1.82) is 0 Å². The van der Waals surface area contributed by atoms with E-state index < -0.39 is 0 Å². The normalized spacial score (nSPS) is 11.8. The molecule has 2 aromatic heterocycles. The molecule has 4 heteroatoms. The first-order chi connectivity index (χ1) is 9.18. The Morgan fingerprint density at radius 2 is 2.05 bits per heavy atom. The van der Waals surface area contributed by atoms with E-state index in [0.717, 1.165) is 5.56 Å². The van der Waals surface area contributed by atoms with Gasteiger partial charge in [-0.2, -0.15) is 0 Å². The molecule has 4 nitrogen and oxygen atoms in total. The number of Topliss-reactive ketones (excluding diaryl/α,β-unsaturated/α-hetero) is 1. The average Bonchev–Trinajstić information content (AvgIpc) is 2.93. The Bertz CT molecular complexity index is 557. The molecule has 2 heterocycles. The minimum Gasteiger partial charge on any atom is -0.461 e. The average molecular weight is 256 g/mol. The van der Waals surface area contributed by atoms with Crippen molar-refractivity contribution in [2.45, 2.75) is 0 Å². The lowest BCUT2D eigenvalue weighted by molar-refractivity contribution is 0.103. The van der Waals surface area contributed by atoms with Crippen molar-refractivity contribution in [3.63, 3.8) is 0 Å². The Kier molecular flexibility index (Phi) is 4.26. The van der Waals surface area contributed by atoms with E-state index >= 15 is 0 Å². The van der Waals surface area contributed by atoms with Gasteiger partial charge in [-0.15, -0.1) is 0 Å². The van der Waals surface area contributed by atoms with E-state index in [1.54, 1.807) is 24.5 Å². The summed E-state index contributed by atoms with van der Waals surface area (Å²) in [5.74, 6) is 0.236. The van der Waals surface area contributed by atoms with Crippen LogP contribution in [0, 0.1) is 0 Å². The predicted molar refractivity (Wildman–Crippen MR) is 73.8 cm³/mol. The second-order valence-corrected chi connectivity index (χ2v) is 4.42.